The molecule has 4 aliphatic rings. The van der Waals surface area contributed by atoms with Crippen LogP contribution in [0.5, 0.6) is 0 Å². The normalized spacial score (nSPS) is 32.0. The molecule has 3 saturated carbocycles. The molecule has 2 bridgehead atoms. The van der Waals surface area contributed by atoms with E-state index in [0.29, 0.717) is 40.7 Å². The van der Waals surface area contributed by atoms with Gasteiger partial charge in [0.15, 0.2) is 11.9 Å². The Morgan fingerprint density at radius 2 is 1.44 bits per heavy atom. The maximum absolute atomic E-state index is 15.7. The summed E-state index contributed by atoms with van der Waals surface area (Å²) in [5.41, 5.74) is -4.73. The summed E-state index contributed by atoms with van der Waals surface area (Å²) in [6, 6.07) is 24.0. The summed E-state index contributed by atoms with van der Waals surface area (Å²) in [6.45, 7) is 9.41. The van der Waals surface area contributed by atoms with Gasteiger partial charge in [-0.15, -0.1) is 0 Å². The minimum Gasteiger partial charge on any atom is -0.459 e. The third-order valence-corrected chi connectivity index (χ3v) is 14.9. The van der Waals surface area contributed by atoms with E-state index in [4.69, 9.17) is 9.47 Å². The fourth-order valence-electron chi connectivity index (χ4n) is 11.8. The number of amides is 1. The molecule has 0 radical (unpaired) electrons. The van der Waals surface area contributed by atoms with Gasteiger partial charge in [0.05, 0.1) is 23.2 Å². The molecule has 0 saturated heterocycles. The van der Waals surface area contributed by atoms with Crippen molar-refractivity contribution < 1.29 is 53.6 Å². The molecule has 7 rings (SSSR count). The Bertz CT molecular complexity index is 2270. The van der Waals surface area contributed by atoms with Crippen LogP contribution < -0.4 is 5.32 Å². The van der Waals surface area contributed by atoms with E-state index in [1.807, 2.05) is 0 Å². The maximum Gasteiger partial charge on any atom is 0.338 e. The molecule has 0 aromatic heterocycles. The van der Waals surface area contributed by atoms with Crippen molar-refractivity contribution in [2.24, 2.45) is 34.5 Å². The Labute approximate surface area is 362 Å². The number of aliphatic hydroxyl groups is 3. The van der Waals surface area contributed by atoms with Crippen LogP contribution in [0.3, 0.4) is 0 Å². The van der Waals surface area contributed by atoms with E-state index in [1.165, 1.54) is 13.8 Å². The summed E-state index contributed by atoms with van der Waals surface area (Å²) in [4.78, 5) is 84.5. The third-order valence-electron chi connectivity index (χ3n) is 14.9. The number of carbonyl (C=O) groups is 6. The summed E-state index contributed by atoms with van der Waals surface area (Å²) in [5.74, 6) is -7.43. The number of aliphatic hydroxyl groups excluding tert-OH is 2. The zero-order chi connectivity index (χ0) is 44.9. The number of benzene rings is 3. The Kier molecular flexibility index (Phi) is 12.1. The number of hydrogen-bond donors (Lipinski definition) is 4. The highest BCUT2D eigenvalue weighted by atomic mass is 16.6. The summed E-state index contributed by atoms with van der Waals surface area (Å²) in [5, 5.41) is 40.8. The van der Waals surface area contributed by atoms with Gasteiger partial charge in [-0.2, -0.15) is 0 Å². The number of rotatable bonds is 12. The highest BCUT2D eigenvalue weighted by Gasteiger charge is 2.75. The Balaban J connectivity index is 1.39. The summed E-state index contributed by atoms with van der Waals surface area (Å²) in [7, 11) is 0. The number of ether oxygens (including phenoxy) is 2. The van der Waals surface area contributed by atoms with Gasteiger partial charge in [0.2, 0.25) is 0 Å². The molecule has 4 aliphatic carbocycles. The lowest BCUT2D eigenvalue weighted by Crippen LogP contribution is -2.76. The molecule has 0 unspecified atom stereocenters. The average Bonchev–Trinajstić information content (AvgIpc) is 3.24. The van der Waals surface area contributed by atoms with Crippen molar-refractivity contribution in [1.82, 2.24) is 5.32 Å². The number of hydrogen-bond acceptors (Lipinski definition) is 11. The van der Waals surface area contributed by atoms with Crippen molar-refractivity contribution in [3.8, 4) is 0 Å². The lowest BCUT2D eigenvalue weighted by Gasteiger charge is -2.69. The van der Waals surface area contributed by atoms with E-state index in [9.17, 15) is 39.3 Å². The van der Waals surface area contributed by atoms with Crippen LogP contribution >= 0.6 is 0 Å². The molecule has 0 aliphatic heterocycles. The maximum atomic E-state index is 15.7. The minimum absolute atomic E-state index is 0.125. The van der Waals surface area contributed by atoms with Crippen LogP contribution in [-0.2, 0) is 28.7 Å². The summed E-state index contributed by atoms with van der Waals surface area (Å²) >= 11 is 0. The van der Waals surface area contributed by atoms with Crippen LogP contribution in [0.4, 0.5) is 0 Å². The van der Waals surface area contributed by atoms with Crippen LogP contribution in [0.2, 0.25) is 0 Å². The van der Waals surface area contributed by atoms with Gasteiger partial charge in [-0.3, -0.25) is 24.0 Å². The van der Waals surface area contributed by atoms with Crippen molar-refractivity contribution >= 4 is 35.2 Å². The second kappa shape index (κ2) is 16.8. The summed E-state index contributed by atoms with van der Waals surface area (Å²) < 4.78 is 12.5. The first-order valence-corrected chi connectivity index (χ1v) is 21.5. The zero-order valence-corrected chi connectivity index (χ0v) is 36.1. The van der Waals surface area contributed by atoms with Gasteiger partial charge < -0.3 is 30.1 Å². The first kappa shape index (κ1) is 44.7. The van der Waals surface area contributed by atoms with E-state index >= 15 is 4.79 Å². The second-order valence-corrected chi connectivity index (χ2v) is 18.7. The molecule has 11 atom stereocenters. The molecule has 12 nitrogen and oxygen atoms in total. The van der Waals surface area contributed by atoms with Gasteiger partial charge in [0, 0.05) is 66.4 Å². The fraction of sp³-hybridized carbons (Fsp3) is 0.480. The topological polar surface area (TPSA) is 194 Å². The molecule has 1 amide bonds. The van der Waals surface area contributed by atoms with Crippen molar-refractivity contribution in [2.75, 3.05) is 0 Å². The van der Waals surface area contributed by atoms with Crippen molar-refractivity contribution in [2.45, 2.75) is 116 Å². The molecule has 3 aromatic carbocycles. The standard InChI is InChI=1S/C50H57NO11/c1-28(52)24-35-40-29(2)38(61-46(59)42(56)41(32-18-12-8-13-19-32)51-45(58)33-20-14-9-15-21-33)27-50(60,47(40,4)5)36(26-37(54)31-16-10-7-11-17-31)43-48(6,44(35)57)39(55)25-34-22-23-49(34,43)62-30(3)53/h7-21,34-36,38-39,41-43,55-56,60H,22-27H2,1-6H3,(H,51,58)/t34-,35-,36+,38+,39+,41+,42-,43+,48-,49+,50-/m1/s1. The first-order valence-electron chi connectivity index (χ1n) is 21.5. The van der Waals surface area contributed by atoms with Crippen molar-refractivity contribution in [3.05, 3.63) is 119 Å². The van der Waals surface area contributed by atoms with E-state index in [2.05, 4.69) is 5.32 Å². The van der Waals surface area contributed by atoms with Gasteiger partial charge in [0.1, 0.15) is 23.3 Å². The quantitative estimate of drug-likeness (QED) is 0.0939. The van der Waals surface area contributed by atoms with Crippen LogP contribution in [0.1, 0.15) is 112 Å². The smallest absolute Gasteiger partial charge is 0.338 e. The molecule has 4 N–H and O–H groups in total. The number of nitrogens with one attached hydrogen (secondary N) is 1. The van der Waals surface area contributed by atoms with Gasteiger partial charge in [-0.25, -0.2) is 4.79 Å². The Hall–Kier alpha value is -5.30. The van der Waals surface area contributed by atoms with E-state index in [0.717, 1.165) is 0 Å². The monoisotopic (exact) mass is 847 g/mol. The Morgan fingerprint density at radius 3 is 1.98 bits per heavy atom. The van der Waals surface area contributed by atoms with E-state index < -0.39 is 93.7 Å². The SMILES string of the molecule is CC(=O)C[C@H]1C(=O)[C@@]2(C)[C@H]([C@H](CC(=O)c3ccccc3)[C@]3(O)C[C@H](OC(=O)[C@H](O)[C@@H](NC(=O)c4ccccc4)c4ccccc4)C(C)=C1C3(C)C)[C@]1(OC(C)=O)CC[C@@H]1C[C@@H]2O. The van der Waals surface area contributed by atoms with Crippen LogP contribution in [0.15, 0.2) is 102 Å². The van der Waals surface area contributed by atoms with Gasteiger partial charge >= 0.3 is 11.9 Å². The van der Waals surface area contributed by atoms with Gasteiger partial charge in [-0.1, -0.05) is 92.7 Å². The summed E-state index contributed by atoms with van der Waals surface area (Å²) in [6.07, 6.45) is -4.51. The zero-order valence-electron chi connectivity index (χ0n) is 36.1. The number of carbonyl (C=O) groups excluding carboxylic acids is 6. The van der Waals surface area contributed by atoms with Crippen LogP contribution in [0.25, 0.3) is 0 Å². The predicted octanol–water partition coefficient (Wildman–Crippen LogP) is 6.07. The number of Topliss-reactive ketones (excluding diaryl/α,β-unsaturated/α-hetero) is 3. The van der Waals surface area contributed by atoms with Crippen LogP contribution in [0, 0.1) is 34.5 Å². The Morgan fingerprint density at radius 1 is 0.855 bits per heavy atom. The lowest BCUT2D eigenvalue weighted by atomic mass is 9.37. The van der Waals surface area contributed by atoms with Crippen molar-refractivity contribution in [1.29, 1.82) is 0 Å². The lowest BCUT2D eigenvalue weighted by molar-refractivity contribution is -0.283. The largest absolute Gasteiger partial charge is 0.459 e. The molecule has 62 heavy (non-hydrogen) atoms. The number of fused-ring (bicyclic) bond motifs is 5. The van der Waals surface area contributed by atoms with Gasteiger partial charge in [0.25, 0.3) is 5.91 Å². The molecule has 3 aromatic rings. The molecule has 12 heteroatoms. The first-order chi connectivity index (χ1) is 29.3. The van der Waals surface area contributed by atoms with Gasteiger partial charge in [-0.05, 0) is 68.9 Å². The van der Waals surface area contributed by atoms with E-state index in [-0.39, 0.29) is 37.2 Å². The molecule has 3 fully saturated rings. The average molecular weight is 848 g/mol. The van der Waals surface area contributed by atoms with Crippen LogP contribution in [-0.4, -0.2) is 80.0 Å². The van der Waals surface area contributed by atoms with Crippen molar-refractivity contribution in [3.63, 3.8) is 0 Å². The second-order valence-electron chi connectivity index (χ2n) is 18.7. The molecular formula is C50H57NO11. The molecule has 0 heterocycles. The molecule has 328 valence electrons. The predicted molar refractivity (Wildman–Crippen MR) is 227 cm³/mol. The third kappa shape index (κ3) is 7.43. The molecular weight excluding hydrogens is 791 g/mol. The number of ketones is 3. The van der Waals surface area contributed by atoms with E-state index in [1.54, 1.807) is 119 Å². The highest BCUT2D eigenvalue weighted by Crippen LogP contribution is 2.69. The highest BCUT2D eigenvalue weighted by molar-refractivity contribution is 5.98. The molecule has 0 spiro atoms. The number of esters is 2. The fourth-order valence-corrected chi connectivity index (χ4v) is 11.8. The minimum atomic E-state index is -2.03.